The second-order valence-corrected chi connectivity index (χ2v) is 2.89. The molecule has 0 spiro atoms. The van der Waals surface area contributed by atoms with Crippen LogP contribution in [0.25, 0.3) is 0 Å². The van der Waals surface area contributed by atoms with Crippen molar-refractivity contribution in [2.75, 3.05) is 19.7 Å². The minimum Gasteiger partial charge on any atom is -1.00 e. The van der Waals surface area contributed by atoms with E-state index in [1.165, 1.54) is 0 Å². The molecule has 0 aromatic carbocycles. The van der Waals surface area contributed by atoms with E-state index in [0.717, 1.165) is 0 Å². The molecule has 0 aromatic heterocycles. The molecule has 0 saturated carbocycles. The molecule has 0 radical (unpaired) electrons. The number of hydrogen-bond acceptors (Lipinski definition) is 4. The van der Waals surface area contributed by atoms with Crippen molar-refractivity contribution in [3.63, 3.8) is 0 Å². The molecule has 1 saturated heterocycles. The van der Waals surface area contributed by atoms with Crippen molar-refractivity contribution in [1.29, 1.82) is 0 Å². The fraction of sp³-hybridized carbons (Fsp3) is 0.875. The fourth-order valence-corrected chi connectivity index (χ4v) is 1.08. The first-order chi connectivity index (χ1) is 5.72. The Hall–Kier alpha value is 1.03. The third-order valence-electron chi connectivity index (χ3n) is 1.72. The van der Waals surface area contributed by atoms with Crippen LogP contribution in [-0.2, 0) is 14.4 Å². The topological polar surface area (TPSA) is 38.8 Å². The Balaban J connectivity index is 0. The number of hydrogen-bond donors (Lipinski definition) is 0. The van der Waals surface area contributed by atoms with E-state index >= 15 is 0 Å². The normalized spacial score (nSPS) is 23.4. The summed E-state index contributed by atoms with van der Waals surface area (Å²) in [4.78, 5) is 15.9. The van der Waals surface area contributed by atoms with E-state index in [0.29, 0.717) is 26.1 Å². The summed E-state index contributed by atoms with van der Waals surface area (Å²) in [6.45, 7) is 5.73. The van der Waals surface area contributed by atoms with Crippen LogP contribution < -0.4 is 51.4 Å². The molecule has 0 aromatic rings. The van der Waals surface area contributed by atoms with Crippen molar-refractivity contribution < 1.29 is 67.2 Å². The molecular formula is C8H16KNO3. The van der Waals surface area contributed by atoms with Crippen LogP contribution in [-0.4, -0.2) is 36.8 Å². The molecule has 1 aliphatic rings. The molecule has 1 heterocycles. The number of carbonyl (C=O) groups is 1. The average Bonchev–Trinajstić information content (AvgIpc) is 2.04. The predicted octanol–water partition coefficient (Wildman–Crippen LogP) is -2.31. The van der Waals surface area contributed by atoms with Crippen LogP contribution >= 0.6 is 0 Å². The Morgan fingerprint density at radius 2 is 2.46 bits per heavy atom. The monoisotopic (exact) mass is 213 g/mol. The zero-order valence-electron chi connectivity index (χ0n) is 9.58. The van der Waals surface area contributed by atoms with Crippen LogP contribution in [0.2, 0.25) is 0 Å². The van der Waals surface area contributed by atoms with Crippen LogP contribution in [0.1, 0.15) is 21.7 Å². The summed E-state index contributed by atoms with van der Waals surface area (Å²) >= 11 is 0. The standard InChI is InChI=1S/C8H15NO3.K.H/c1-3-8(10)12-9-4-5-11-7(2)6-9;;/h7H,3-6H2,1-2H3;;/q;+1;-1. The molecule has 1 atom stereocenters. The van der Waals surface area contributed by atoms with Gasteiger partial charge in [0.15, 0.2) is 0 Å². The maximum Gasteiger partial charge on any atom is 1.00 e. The predicted molar refractivity (Wildman–Crippen MR) is 44.5 cm³/mol. The van der Waals surface area contributed by atoms with Crippen molar-refractivity contribution in [1.82, 2.24) is 5.06 Å². The summed E-state index contributed by atoms with van der Waals surface area (Å²) in [6.07, 6.45) is 0.578. The Morgan fingerprint density at radius 1 is 1.77 bits per heavy atom. The number of rotatable bonds is 2. The summed E-state index contributed by atoms with van der Waals surface area (Å²) in [7, 11) is 0. The van der Waals surface area contributed by atoms with Gasteiger partial charge in [0.2, 0.25) is 0 Å². The van der Waals surface area contributed by atoms with Gasteiger partial charge in [-0.1, -0.05) is 6.92 Å². The molecular weight excluding hydrogens is 197 g/mol. The first-order valence-corrected chi connectivity index (χ1v) is 4.29. The van der Waals surface area contributed by atoms with Gasteiger partial charge in [-0.05, 0) is 6.92 Å². The van der Waals surface area contributed by atoms with Crippen molar-refractivity contribution in [3.05, 3.63) is 0 Å². The van der Waals surface area contributed by atoms with Crippen LogP contribution in [0, 0.1) is 0 Å². The Bertz CT molecular complexity index is 171. The molecule has 4 nitrogen and oxygen atoms in total. The molecule has 5 heteroatoms. The van der Waals surface area contributed by atoms with Crippen LogP contribution in [0.5, 0.6) is 0 Å². The van der Waals surface area contributed by atoms with E-state index < -0.39 is 0 Å². The van der Waals surface area contributed by atoms with Gasteiger partial charge in [-0.15, -0.1) is 5.06 Å². The first kappa shape index (κ1) is 14.0. The largest absolute Gasteiger partial charge is 1.00 e. The molecule has 1 unspecified atom stereocenters. The van der Waals surface area contributed by atoms with Gasteiger partial charge >= 0.3 is 57.4 Å². The van der Waals surface area contributed by atoms with Gasteiger partial charge in [0.05, 0.1) is 25.8 Å². The summed E-state index contributed by atoms with van der Waals surface area (Å²) in [5.74, 6) is -0.177. The number of ether oxygens (including phenoxy) is 1. The summed E-state index contributed by atoms with van der Waals surface area (Å²) in [5.41, 5.74) is 0. The first-order valence-electron chi connectivity index (χ1n) is 4.29. The Labute approximate surface area is 123 Å². The number of nitrogens with zero attached hydrogens (tertiary/aromatic N) is 1. The molecule has 72 valence electrons. The van der Waals surface area contributed by atoms with Crippen molar-refractivity contribution in [2.24, 2.45) is 0 Å². The van der Waals surface area contributed by atoms with Crippen molar-refractivity contribution in [2.45, 2.75) is 26.4 Å². The quantitative estimate of drug-likeness (QED) is 0.483. The molecule has 1 fully saturated rings. The smallest absolute Gasteiger partial charge is 1.00 e. The second kappa shape index (κ2) is 7.34. The zero-order chi connectivity index (χ0) is 8.97. The van der Waals surface area contributed by atoms with Gasteiger partial charge < -0.3 is 11.0 Å². The SMILES string of the molecule is CCC(=O)ON1CCOC(C)C1.[H-].[K+]. The zero-order valence-corrected chi connectivity index (χ0v) is 11.7. The van der Waals surface area contributed by atoms with E-state index in [4.69, 9.17) is 9.57 Å². The summed E-state index contributed by atoms with van der Waals surface area (Å²) in [6, 6.07) is 0. The van der Waals surface area contributed by atoms with Gasteiger partial charge in [-0.3, -0.25) is 4.79 Å². The summed E-state index contributed by atoms with van der Waals surface area (Å²) < 4.78 is 5.29. The van der Waals surface area contributed by atoms with Crippen LogP contribution in [0.3, 0.4) is 0 Å². The van der Waals surface area contributed by atoms with E-state index in [9.17, 15) is 4.79 Å². The Morgan fingerprint density at radius 3 is 3.00 bits per heavy atom. The minimum atomic E-state index is -0.177. The average molecular weight is 213 g/mol. The third kappa shape index (κ3) is 5.46. The van der Waals surface area contributed by atoms with Gasteiger partial charge in [-0.2, -0.15) is 0 Å². The maximum atomic E-state index is 10.9. The van der Waals surface area contributed by atoms with E-state index in [1.54, 1.807) is 12.0 Å². The molecule has 1 rings (SSSR count). The third-order valence-corrected chi connectivity index (χ3v) is 1.72. The molecule has 0 amide bonds. The molecule has 0 bridgehead atoms. The fourth-order valence-electron chi connectivity index (χ4n) is 1.08. The van der Waals surface area contributed by atoms with Crippen LogP contribution in [0.15, 0.2) is 0 Å². The maximum absolute atomic E-state index is 10.9. The second-order valence-electron chi connectivity index (χ2n) is 2.89. The van der Waals surface area contributed by atoms with Crippen molar-refractivity contribution in [3.8, 4) is 0 Å². The number of carbonyl (C=O) groups excluding carboxylic acids is 1. The summed E-state index contributed by atoms with van der Waals surface area (Å²) in [5, 5.41) is 1.67. The molecule has 0 aliphatic carbocycles. The number of hydroxylamine groups is 2. The van der Waals surface area contributed by atoms with E-state index in [1.807, 2.05) is 6.92 Å². The molecule has 13 heavy (non-hydrogen) atoms. The van der Waals surface area contributed by atoms with Gasteiger partial charge in [0, 0.05) is 6.42 Å². The minimum absolute atomic E-state index is 0. The van der Waals surface area contributed by atoms with Crippen LogP contribution in [0.4, 0.5) is 0 Å². The molecule has 1 aliphatic heterocycles. The van der Waals surface area contributed by atoms with Gasteiger partial charge in [0.25, 0.3) is 0 Å². The van der Waals surface area contributed by atoms with Gasteiger partial charge in [-0.25, -0.2) is 0 Å². The molecule has 0 N–H and O–H groups in total. The number of morpholine rings is 1. The van der Waals surface area contributed by atoms with Crippen molar-refractivity contribution >= 4 is 5.97 Å². The Kier molecular flexibility index (Phi) is 7.91. The van der Waals surface area contributed by atoms with Gasteiger partial charge in [0.1, 0.15) is 0 Å². The van der Waals surface area contributed by atoms with E-state index in [-0.39, 0.29) is 64.9 Å². The van der Waals surface area contributed by atoms with E-state index in [2.05, 4.69) is 0 Å².